The van der Waals surface area contributed by atoms with Crippen LogP contribution in [0.15, 0.2) is 72.8 Å². The molecular weight excluding hydrogens is 597 g/mol. The lowest BCUT2D eigenvalue weighted by molar-refractivity contribution is -0.140. The number of unbranched alkanes of at least 4 members (excludes halogenated alkanes) is 1. The number of hydrogen-bond acceptors (Lipinski definition) is 5. The predicted octanol–water partition coefficient (Wildman–Crippen LogP) is 5.71. The maximum atomic E-state index is 14.2. The zero-order valence-electron chi connectivity index (χ0n) is 24.1. The first-order valence-electron chi connectivity index (χ1n) is 13.8. The summed E-state index contributed by atoms with van der Waals surface area (Å²) in [6.07, 6.45) is 2.92. The van der Waals surface area contributed by atoms with E-state index in [4.69, 9.17) is 27.9 Å². The monoisotopic (exact) mass is 633 g/mol. The second kappa shape index (κ2) is 15.8. The fraction of sp³-hybridized carbons (Fsp3) is 0.355. The summed E-state index contributed by atoms with van der Waals surface area (Å²) >= 11 is 12.4. The number of nitrogens with one attached hydrogen (secondary N) is 1. The molecule has 0 aromatic heterocycles. The van der Waals surface area contributed by atoms with Crippen molar-refractivity contribution in [2.24, 2.45) is 0 Å². The smallest absolute Gasteiger partial charge is 0.244 e. The standard InChI is InChI=1S/C31H37Cl2N3O5S/c1-4-6-18-34-31(38)28(20-23-12-8-7-9-13-23)35(21-24-16-17-25(32)26(33)19-24)30(37)22-36(42(3,39)40)27-14-10-11-15-29(27)41-5-2/h7-17,19,28H,4-6,18,20-22H2,1-3H3,(H,34,38). The molecule has 0 spiro atoms. The highest BCUT2D eigenvalue weighted by atomic mass is 35.5. The minimum Gasteiger partial charge on any atom is -0.492 e. The highest BCUT2D eigenvalue weighted by Crippen LogP contribution is 2.30. The number of halogens is 2. The van der Waals surface area contributed by atoms with Crippen LogP contribution in [0.4, 0.5) is 5.69 Å². The van der Waals surface area contributed by atoms with Crippen molar-refractivity contribution in [2.45, 2.75) is 45.7 Å². The molecule has 42 heavy (non-hydrogen) atoms. The van der Waals surface area contributed by atoms with E-state index in [0.717, 1.165) is 29.0 Å². The highest BCUT2D eigenvalue weighted by molar-refractivity contribution is 7.92. The van der Waals surface area contributed by atoms with Gasteiger partial charge in [-0.15, -0.1) is 0 Å². The summed E-state index contributed by atoms with van der Waals surface area (Å²) in [5.74, 6) is -0.571. The number of para-hydroxylation sites is 2. The van der Waals surface area contributed by atoms with Gasteiger partial charge in [-0.2, -0.15) is 0 Å². The Balaban J connectivity index is 2.08. The predicted molar refractivity (Wildman–Crippen MR) is 169 cm³/mol. The van der Waals surface area contributed by atoms with Crippen LogP contribution in [-0.2, 0) is 32.6 Å². The van der Waals surface area contributed by atoms with E-state index in [-0.39, 0.29) is 24.6 Å². The van der Waals surface area contributed by atoms with Gasteiger partial charge in [0.2, 0.25) is 21.8 Å². The number of anilines is 1. The summed E-state index contributed by atoms with van der Waals surface area (Å²) in [4.78, 5) is 29.3. The zero-order valence-corrected chi connectivity index (χ0v) is 26.4. The van der Waals surface area contributed by atoms with Gasteiger partial charge < -0.3 is 15.0 Å². The molecule has 0 heterocycles. The lowest BCUT2D eigenvalue weighted by Gasteiger charge is -2.34. The summed E-state index contributed by atoms with van der Waals surface area (Å²) in [5.41, 5.74) is 1.72. The Morgan fingerprint density at radius 2 is 1.62 bits per heavy atom. The molecule has 0 aliphatic carbocycles. The van der Waals surface area contributed by atoms with Crippen LogP contribution in [0.3, 0.4) is 0 Å². The number of nitrogens with zero attached hydrogens (tertiary/aromatic N) is 2. The molecule has 226 valence electrons. The van der Waals surface area contributed by atoms with Gasteiger partial charge in [0.15, 0.2) is 0 Å². The van der Waals surface area contributed by atoms with Gasteiger partial charge in [0.1, 0.15) is 18.3 Å². The number of amides is 2. The Bertz CT molecular complexity index is 1450. The number of rotatable bonds is 15. The first kappa shape index (κ1) is 33.2. The average molecular weight is 635 g/mol. The minimum atomic E-state index is -3.93. The summed E-state index contributed by atoms with van der Waals surface area (Å²) in [5, 5.41) is 3.61. The molecule has 3 aromatic rings. The molecule has 11 heteroatoms. The van der Waals surface area contributed by atoms with Crippen molar-refractivity contribution in [3.05, 3.63) is 94.0 Å². The second-order valence-electron chi connectivity index (χ2n) is 9.79. The van der Waals surface area contributed by atoms with Gasteiger partial charge in [0, 0.05) is 19.5 Å². The highest BCUT2D eigenvalue weighted by Gasteiger charge is 2.33. The molecule has 0 aliphatic heterocycles. The van der Waals surface area contributed by atoms with Crippen molar-refractivity contribution >= 4 is 50.7 Å². The number of ether oxygens (including phenoxy) is 1. The normalized spacial score (nSPS) is 11.9. The molecule has 2 amide bonds. The Morgan fingerprint density at radius 1 is 0.929 bits per heavy atom. The number of hydrogen-bond donors (Lipinski definition) is 1. The summed E-state index contributed by atoms with van der Waals surface area (Å²) in [7, 11) is -3.93. The maximum absolute atomic E-state index is 14.2. The molecule has 3 rings (SSSR count). The van der Waals surface area contributed by atoms with Gasteiger partial charge in [-0.05, 0) is 48.7 Å². The fourth-order valence-corrected chi connectivity index (χ4v) is 5.60. The van der Waals surface area contributed by atoms with Crippen LogP contribution in [0.2, 0.25) is 10.0 Å². The van der Waals surface area contributed by atoms with Crippen molar-refractivity contribution in [3.8, 4) is 5.75 Å². The molecule has 1 atom stereocenters. The average Bonchev–Trinajstić information content (AvgIpc) is 2.96. The largest absolute Gasteiger partial charge is 0.492 e. The van der Waals surface area contributed by atoms with E-state index in [1.54, 1.807) is 49.4 Å². The Morgan fingerprint density at radius 3 is 2.26 bits per heavy atom. The van der Waals surface area contributed by atoms with Crippen molar-refractivity contribution in [2.75, 3.05) is 30.3 Å². The van der Waals surface area contributed by atoms with Crippen molar-refractivity contribution < 1.29 is 22.7 Å². The van der Waals surface area contributed by atoms with Crippen molar-refractivity contribution in [3.63, 3.8) is 0 Å². The lowest BCUT2D eigenvalue weighted by atomic mass is 10.0. The Hall–Kier alpha value is -3.27. The fourth-order valence-electron chi connectivity index (χ4n) is 4.43. The number of carbonyl (C=O) groups is 2. The topological polar surface area (TPSA) is 96.0 Å². The Labute approximate surface area is 258 Å². The van der Waals surface area contributed by atoms with Gasteiger partial charge in [-0.3, -0.25) is 13.9 Å². The van der Waals surface area contributed by atoms with Crippen molar-refractivity contribution in [1.29, 1.82) is 0 Å². The van der Waals surface area contributed by atoms with Crippen LogP contribution in [0.5, 0.6) is 5.75 Å². The molecule has 0 radical (unpaired) electrons. The lowest BCUT2D eigenvalue weighted by Crippen LogP contribution is -2.53. The Kier molecular flexibility index (Phi) is 12.5. The third-order valence-electron chi connectivity index (χ3n) is 6.55. The quantitative estimate of drug-likeness (QED) is 0.216. The second-order valence-corrected chi connectivity index (χ2v) is 12.5. The number of carbonyl (C=O) groups excluding carboxylic acids is 2. The molecule has 1 N–H and O–H groups in total. The van der Waals surface area contributed by atoms with Crippen LogP contribution in [-0.4, -0.2) is 57.1 Å². The van der Waals surface area contributed by atoms with Crippen LogP contribution in [0.25, 0.3) is 0 Å². The first-order valence-corrected chi connectivity index (χ1v) is 16.4. The number of sulfonamides is 1. The molecule has 3 aromatic carbocycles. The van der Waals surface area contributed by atoms with Gasteiger partial charge in [-0.1, -0.05) is 85.1 Å². The summed E-state index contributed by atoms with van der Waals surface area (Å²) < 4.78 is 32.8. The van der Waals surface area contributed by atoms with E-state index in [1.165, 1.54) is 4.90 Å². The molecule has 0 fully saturated rings. The maximum Gasteiger partial charge on any atom is 0.244 e. The van der Waals surface area contributed by atoms with Crippen LogP contribution in [0, 0.1) is 0 Å². The zero-order chi connectivity index (χ0) is 30.7. The van der Waals surface area contributed by atoms with Gasteiger partial charge in [0.05, 0.1) is 28.6 Å². The van der Waals surface area contributed by atoms with E-state index >= 15 is 0 Å². The molecular formula is C31H37Cl2N3O5S. The van der Waals surface area contributed by atoms with Crippen LogP contribution < -0.4 is 14.4 Å². The third kappa shape index (κ3) is 9.37. The van der Waals surface area contributed by atoms with E-state index in [9.17, 15) is 18.0 Å². The molecule has 0 saturated heterocycles. The molecule has 0 aliphatic rings. The van der Waals surface area contributed by atoms with Crippen LogP contribution >= 0.6 is 23.2 Å². The third-order valence-corrected chi connectivity index (χ3v) is 8.42. The van der Waals surface area contributed by atoms with E-state index in [0.29, 0.717) is 34.5 Å². The molecule has 0 bridgehead atoms. The first-order chi connectivity index (χ1) is 20.0. The molecule has 8 nitrogen and oxygen atoms in total. The van der Waals surface area contributed by atoms with Crippen LogP contribution in [0.1, 0.15) is 37.8 Å². The minimum absolute atomic E-state index is 0.000864. The number of benzene rings is 3. The van der Waals surface area contributed by atoms with Gasteiger partial charge in [-0.25, -0.2) is 8.42 Å². The van der Waals surface area contributed by atoms with E-state index in [2.05, 4.69) is 5.32 Å². The van der Waals surface area contributed by atoms with E-state index < -0.39 is 28.5 Å². The van der Waals surface area contributed by atoms with E-state index in [1.807, 2.05) is 37.3 Å². The van der Waals surface area contributed by atoms with Crippen molar-refractivity contribution in [1.82, 2.24) is 10.2 Å². The van der Waals surface area contributed by atoms with Gasteiger partial charge in [0.25, 0.3) is 0 Å². The summed E-state index contributed by atoms with van der Waals surface area (Å²) in [6.45, 7) is 4.03. The SMILES string of the molecule is CCCCNC(=O)C(Cc1ccccc1)N(Cc1ccc(Cl)c(Cl)c1)C(=O)CN(c1ccccc1OCC)S(C)(=O)=O. The molecule has 0 saturated carbocycles. The summed E-state index contributed by atoms with van der Waals surface area (Å²) in [6, 6.07) is 20.0. The van der Waals surface area contributed by atoms with Gasteiger partial charge >= 0.3 is 0 Å². The molecule has 1 unspecified atom stereocenters.